The summed E-state index contributed by atoms with van der Waals surface area (Å²) in [5.74, 6) is -0.426. The maximum Gasteiger partial charge on any atom is 0.360 e. The van der Waals surface area contributed by atoms with Gasteiger partial charge in [-0.15, -0.1) is 5.10 Å². The van der Waals surface area contributed by atoms with Gasteiger partial charge in [0.1, 0.15) is 0 Å². The van der Waals surface area contributed by atoms with Crippen LogP contribution in [0.25, 0.3) is 0 Å². The number of esters is 1. The van der Waals surface area contributed by atoms with Crippen LogP contribution in [0.5, 0.6) is 0 Å². The number of aromatic nitrogens is 3. The molecule has 1 aromatic rings. The molecule has 1 N–H and O–H groups in total. The first-order valence-electron chi connectivity index (χ1n) is 6.98. The van der Waals surface area contributed by atoms with E-state index in [1.807, 2.05) is 6.92 Å². The molecule has 0 saturated heterocycles. The van der Waals surface area contributed by atoms with Crippen LogP contribution in [-0.2, 0) is 11.2 Å². The molecule has 1 fully saturated rings. The fourth-order valence-corrected chi connectivity index (χ4v) is 2.61. The van der Waals surface area contributed by atoms with Crippen molar-refractivity contribution < 1.29 is 14.6 Å². The fourth-order valence-electron chi connectivity index (χ4n) is 2.61. The third-order valence-corrected chi connectivity index (χ3v) is 3.50. The summed E-state index contributed by atoms with van der Waals surface area (Å²) in [6.07, 6.45) is 3.85. The van der Waals surface area contributed by atoms with Crippen molar-refractivity contribution in [3.05, 3.63) is 11.4 Å². The minimum absolute atomic E-state index is 0.0581. The van der Waals surface area contributed by atoms with Gasteiger partial charge in [-0.25, -0.2) is 9.48 Å². The summed E-state index contributed by atoms with van der Waals surface area (Å²) in [4.78, 5) is 11.8. The van der Waals surface area contributed by atoms with E-state index in [0.29, 0.717) is 18.7 Å². The Morgan fingerprint density at radius 1 is 1.47 bits per heavy atom. The van der Waals surface area contributed by atoms with Crippen molar-refractivity contribution in [1.82, 2.24) is 15.0 Å². The molecule has 2 unspecified atom stereocenters. The number of carbonyl (C=O) groups excluding carboxylic acids is 1. The van der Waals surface area contributed by atoms with E-state index < -0.39 is 12.1 Å². The number of hydrogen-bond donors (Lipinski definition) is 1. The number of nitrogens with zero attached hydrogens (tertiary/aromatic N) is 3. The third-order valence-electron chi connectivity index (χ3n) is 3.50. The number of hydrogen-bond acceptors (Lipinski definition) is 5. The van der Waals surface area contributed by atoms with E-state index in [9.17, 15) is 9.90 Å². The van der Waals surface area contributed by atoms with Crippen LogP contribution in [0, 0.1) is 0 Å². The van der Waals surface area contributed by atoms with Crippen molar-refractivity contribution >= 4 is 5.97 Å². The highest BCUT2D eigenvalue weighted by Gasteiger charge is 2.31. The van der Waals surface area contributed by atoms with Crippen molar-refractivity contribution in [2.24, 2.45) is 0 Å². The smallest absolute Gasteiger partial charge is 0.360 e. The molecule has 19 heavy (non-hydrogen) atoms. The minimum atomic E-state index is -0.426. The highest BCUT2D eigenvalue weighted by atomic mass is 16.5. The fraction of sp³-hybridized carbons (Fsp3) is 0.769. The summed E-state index contributed by atoms with van der Waals surface area (Å²) < 4.78 is 6.73. The van der Waals surface area contributed by atoms with Crippen LogP contribution >= 0.6 is 0 Å². The van der Waals surface area contributed by atoms with E-state index in [2.05, 4.69) is 10.3 Å². The zero-order chi connectivity index (χ0) is 13.8. The van der Waals surface area contributed by atoms with Gasteiger partial charge >= 0.3 is 5.97 Å². The Kier molecular flexibility index (Phi) is 4.52. The van der Waals surface area contributed by atoms with Gasteiger partial charge in [-0.05, 0) is 32.6 Å². The van der Waals surface area contributed by atoms with E-state index in [0.717, 1.165) is 31.4 Å². The van der Waals surface area contributed by atoms with E-state index in [-0.39, 0.29) is 6.04 Å². The van der Waals surface area contributed by atoms with Crippen molar-refractivity contribution in [2.45, 2.75) is 58.1 Å². The molecule has 0 bridgehead atoms. The molecule has 0 amide bonds. The predicted octanol–water partition coefficient (Wildman–Crippen LogP) is 1.49. The standard InChI is InChI=1S/C13H21N3O3/c1-3-6-10-12(13(18)19-4-2)14-15-16(10)9-7-5-8-11(9)17/h9,11,17H,3-8H2,1-2H3. The number of aliphatic hydroxyl groups excluding tert-OH is 1. The van der Waals surface area contributed by atoms with Crippen molar-refractivity contribution in [1.29, 1.82) is 0 Å². The van der Waals surface area contributed by atoms with Crippen LogP contribution in [0.3, 0.4) is 0 Å². The Morgan fingerprint density at radius 3 is 2.84 bits per heavy atom. The van der Waals surface area contributed by atoms with Gasteiger partial charge in [-0.3, -0.25) is 0 Å². The van der Waals surface area contributed by atoms with Crippen LogP contribution in [0.15, 0.2) is 0 Å². The molecule has 2 rings (SSSR count). The lowest BCUT2D eigenvalue weighted by atomic mass is 10.1. The summed E-state index contributed by atoms with van der Waals surface area (Å²) in [7, 11) is 0. The van der Waals surface area contributed by atoms with Gasteiger partial charge in [0.25, 0.3) is 0 Å². The number of aliphatic hydroxyl groups is 1. The quantitative estimate of drug-likeness (QED) is 0.818. The summed E-state index contributed by atoms with van der Waals surface area (Å²) in [5, 5.41) is 18.0. The SMILES string of the molecule is CCCc1c(C(=O)OCC)nnn1C1CCCC1O. The summed E-state index contributed by atoms with van der Waals surface area (Å²) in [6, 6.07) is -0.0581. The third kappa shape index (κ3) is 2.78. The summed E-state index contributed by atoms with van der Waals surface area (Å²) in [6.45, 7) is 4.13. The lowest BCUT2D eigenvalue weighted by Gasteiger charge is -2.17. The molecule has 0 aromatic carbocycles. The highest BCUT2D eigenvalue weighted by Crippen LogP contribution is 2.31. The second kappa shape index (κ2) is 6.14. The first kappa shape index (κ1) is 14.0. The maximum absolute atomic E-state index is 11.8. The Hall–Kier alpha value is -1.43. The van der Waals surface area contributed by atoms with E-state index in [1.165, 1.54) is 0 Å². The van der Waals surface area contributed by atoms with Crippen LogP contribution in [-0.4, -0.2) is 38.8 Å². The van der Waals surface area contributed by atoms with Gasteiger partial charge in [0, 0.05) is 0 Å². The molecule has 1 saturated carbocycles. The molecule has 6 nitrogen and oxygen atoms in total. The second-order valence-electron chi connectivity index (χ2n) is 4.87. The molecular formula is C13H21N3O3. The lowest BCUT2D eigenvalue weighted by Crippen LogP contribution is -2.22. The zero-order valence-electron chi connectivity index (χ0n) is 11.5. The Labute approximate surface area is 112 Å². The summed E-state index contributed by atoms with van der Waals surface area (Å²) >= 11 is 0. The van der Waals surface area contributed by atoms with Gasteiger partial charge in [-0.2, -0.15) is 0 Å². The Balaban J connectivity index is 2.31. The maximum atomic E-state index is 11.8. The molecule has 1 aliphatic carbocycles. The van der Waals surface area contributed by atoms with E-state index in [1.54, 1.807) is 11.6 Å². The molecule has 1 aliphatic rings. The Morgan fingerprint density at radius 2 is 2.26 bits per heavy atom. The van der Waals surface area contributed by atoms with Crippen LogP contribution in [0.4, 0.5) is 0 Å². The van der Waals surface area contributed by atoms with Gasteiger partial charge in [0.15, 0.2) is 5.69 Å². The van der Waals surface area contributed by atoms with Crippen molar-refractivity contribution in [3.63, 3.8) is 0 Å². The number of rotatable bonds is 5. The summed E-state index contributed by atoms with van der Waals surface area (Å²) in [5.41, 5.74) is 1.08. The average Bonchev–Trinajstić information content (AvgIpc) is 2.96. The first-order valence-corrected chi connectivity index (χ1v) is 6.98. The number of ether oxygens (including phenoxy) is 1. The first-order chi connectivity index (χ1) is 9.19. The van der Waals surface area contributed by atoms with Crippen molar-refractivity contribution in [3.8, 4) is 0 Å². The zero-order valence-corrected chi connectivity index (χ0v) is 11.5. The predicted molar refractivity (Wildman–Crippen MR) is 68.9 cm³/mol. The van der Waals surface area contributed by atoms with E-state index in [4.69, 9.17) is 4.74 Å². The molecule has 1 aromatic heterocycles. The van der Waals surface area contributed by atoms with Gasteiger partial charge < -0.3 is 9.84 Å². The molecule has 0 aliphatic heterocycles. The van der Waals surface area contributed by atoms with Crippen LogP contribution < -0.4 is 0 Å². The monoisotopic (exact) mass is 267 g/mol. The van der Waals surface area contributed by atoms with E-state index >= 15 is 0 Å². The molecule has 0 radical (unpaired) electrons. The normalized spacial score (nSPS) is 22.7. The average molecular weight is 267 g/mol. The van der Waals surface area contributed by atoms with Crippen molar-refractivity contribution in [2.75, 3.05) is 6.61 Å². The van der Waals surface area contributed by atoms with Crippen LogP contribution in [0.1, 0.15) is 61.8 Å². The van der Waals surface area contributed by atoms with Gasteiger partial charge in [-0.1, -0.05) is 18.6 Å². The second-order valence-corrected chi connectivity index (χ2v) is 4.87. The number of carbonyl (C=O) groups is 1. The van der Waals surface area contributed by atoms with Gasteiger partial charge in [0.05, 0.1) is 24.4 Å². The molecule has 6 heteroatoms. The minimum Gasteiger partial charge on any atom is -0.461 e. The largest absolute Gasteiger partial charge is 0.461 e. The Bertz CT molecular complexity index is 444. The molecular weight excluding hydrogens is 246 g/mol. The molecule has 1 heterocycles. The lowest BCUT2D eigenvalue weighted by molar-refractivity contribution is 0.0517. The van der Waals surface area contributed by atoms with Crippen LogP contribution in [0.2, 0.25) is 0 Å². The van der Waals surface area contributed by atoms with Gasteiger partial charge in [0.2, 0.25) is 0 Å². The highest BCUT2D eigenvalue weighted by molar-refractivity contribution is 5.88. The molecule has 2 atom stereocenters. The molecule has 0 spiro atoms. The topological polar surface area (TPSA) is 77.2 Å². The molecule has 106 valence electrons.